The standard InChI is InChI=1S/C21H17N3O3S/c1-13-4-6-16(8-14(13)2)18-12-28-21(23-18)17(11-22)9-15-5-7-20(27-3)19(10-15)24(25)26/h4-10,12H,1-3H3. The van der Waals surface area contributed by atoms with E-state index in [1.165, 1.54) is 41.7 Å². The predicted molar refractivity (Wildman–Crippen MR) is 110 cm³/mol. The molecule has 1 aromatic heterocycles. The lowest BCUT2D eigenvalue weighted by atomic mass is 10.1. The number of aryl methyl sites for hydroxylation is 2. The Kier molecular flexibility index (Phi) is 5.52. The van der Waals surface area contributed by atoms with Crippen molar-refractivity contribution < 1.29 is 9.66 Å². The van der Waals surface area contributed by atoms with Crippen LogP contribution in [0.3, 0.4) is 0 Å². The van der Waals surface area contributed by atoms with Gasteiger partial charge in [-0.2, -0.15) is 5.26 Å². The van der Waals surface area contributed by atoms with Crippen molar-refractivity contribution in [3.8, 4) is 23.1 Å². The average Bonchev–Trinajstić information content (AvgIpc) is 3.18. The molecule has 0 atom stereocenters. The van der Waals surface area contributed by atoms with Gasteiger partial charge in [-0.1, -0.05) is 18.2 Å². The summed E-state index contributed by atoms with van der Waals surface area (Å²) in [5.74, 6) is 0.173. The molecule has 0 bridgehead atoms. The second kappa shape index (κ2) is 8.03. The summed E-state index contributed by atoms with van der Waals surface area (Å²) >= 11 is 1.36. The summed E-state index contributed by atoms with van der Waals surface area (Å²) in [7, 11) is 1.38. The molecule has 0 spiro atoms. The quantitative estimate of drug-likeness (QED) is 0.330. The van der Waals surface area contributed by atoms with E-state index in [-0.39, 0.29) is 11.4 Å². The van der Waals surface area contributed by atoms with E-state index in [4.69, 9.17) is 4.74 Å². The Morgan fingerprint density at radius 2 is 2.04 bits per heavy atom. The van der Waals surface area contributed by atoms with Crippen LogP contribution < -0.4 is 4.74 Å². The van der Waals surface area contributed by atoms with Gasteiger partial charge >= 0.3 is 5.69 Å². The highest BCUT2D eigenvalue weighted by Gasteiger charge is 2.16. The number of ether oxygens (including phenoxy) is 1. The van der Waals surface area contributed by atoms with Gasteiger partial charge in [-0.15, -0.1) is 11.3 Å². The molecule has 3 rings (SSSR count). The van der Waals surface area contributed by atoms with E-state index in [0.717, 1.165) is 11.3 Å². The van der Waals surface area contributed by atoms with E-state index in [9.17, 15) is 15.4 Å². The maximum Gasteiger partial charge on any atom is 0.311 e. The minimum atomic E-state index is -0.510. The molecule has 6 nitrogen and oxygen atoms in total. The molecule has 7 heteroatoms. The lowest BCUT2D eigenvalue weighted by molar-refractivity contribution is -0.385. The third kappa shape index (κ3) is 3.92. The van der Waals surface area contributed by atoms with Gasteiger partial charge in [0.1, 0.15) is 11.1 Å². The maximum absolute atomic E-state index is 11.2. The van der Waals surface area contributed by atoms with Crippen LogP contribution in [0.1, 0.15) is 21.7 Å². The highest BCUT2D eigenvalue weighted by Crippen LogP contribution is 2.31. The largest absolute Gasteiger partial charge is 0.490 e. The Balaban J connectivity index is 1.97. The first kappa shape index (κ1) is 19.3. The smallest absolute Gasteiger partial charge is 0.311 e. The van der Waals surface area contributed by atoms with Gasteiger partial charge in [0.2, 0.25) is 0 Å². The third-order valence-corrected chi connectivity index (χ3v) is 5.24. The highest BCUT2D eigenvalue weighted by molar-refractivity contribution is 7.11. The van der Waals surface area contributed by atoms with Crippen molar-refractivity contribution in [2.45, 2.75) is 13.8 Å². The van der Waals surface area contributed by atoms with E-state index < -0.39 is 4.92 Å². The number of nitrogens with zero attached hydrogens (tertiary/aromatic N) is 3. The zero-order valence-corrected chi connectivity index (χ0v) is 16.4. The second-order valence-corrected chi connectivity index (χ2v) is 7.05. The van der Waals surface area contributed by atoms with Gasteiger partial charge in [0.05, 0.1) is 23.3 Å². The van der Waals surface area contributed by atoms with Crippen molar-refractivity contribution in [1.82, 2.24) is 4.98 Å². The fraction of sp³-hybridized carbons (Fsp3) is 0.143. The maximum atomic E-state index is 11.2. The van der Waals surface area contributed by atoms with Crippen molar-refractivity contribution >= 4 is 28.7 Å². The van der Waals surface area contributed by atoms with Gasteiger partial charge in [0.25, 0.3) is 0 Å². The zero-order chi connectivity index (χ0) is 20.3. The van der Waals surface area contributed by atoms with E-state index in [2.05, 4.69) is 24.0 Å². The summed E-state index contributed by atoms with van der Waals surface area (Å²) in [4.78, 5) is 15.3. The number of methoxy groups -OCH3 is 1. The molecule has 3 aromatic rings. The van der Waals surface area contributed by atoms with Gasteiger partial charge in [-0.3, -0.25) is 10.1 Å². The first-order valence-electron chi connectivity index (χ1n) is 8.40. The minimum Gasteiger partial charge on any atom is -0.490 e. The number of aromatic nitrogens is 1. The fourth-order valence-corrected chi connectivity index (χ4v) is 3.47. The molecule has 0 unspecified atom stereocenters. The van der Waals surface area contributed by atoms with Crippen LogP contribution in [0.5, 0.6) is 5.75 Å². The number of benzene rings is 2. The summed E-state index contributed by atoms with van der Waals surface area (Å²) in [5, 5.41) is 23.2. The molecular weight excluding hydrogens is 374 g/mol. The number of nitriles is 1. The monoisotopic (exact) mass is 391 g/mol. The number of thiazole rings is 1. The number of rotatable bonds is 5. The number of nitro groups is 1. The highest BCUT2D eigenvalue weighted by atomic mass is 32.1. The van der Waals surface area contributed by atoms with Gasteiger partial charge in [-0.25, -0.2) is 4.98 Å². The summed E-state index contributed by atoms with van der Waals surface area (Å²) in [6.07, 6.45) is 1.59. The molecule has 0 radical (unpaired) electrons. The third-order valence-electron chi connectivity index (χ3n) is 4.37. The Bertz CT molecular complexity index is 1130. The molecule has 1 heterocycles. The summed E-state index contributed by atoms with van der Waals surface area (Å²) in [5.41, 5.74) is 4.90. The van der Waals surface area contributed by atoms with Crippen molar-refractivity contribution in [3.63, 3.8) is 0 Å². The lowest BCUT2D eigenvalue weighted by Crippen LogP contribution is -1.94. The molecule has 0 saturated heterocycles. The first-order chi connectivity index (χ1) is 13.4. The van der Waals surface area contributed by atoms with Crippen molar-refractivity contribution in [2.24, 2.45) is 0 Å². The number of hydrogen-bond donors (Lipinski definition) is 0. The van der Waals surface area contributed by atoms with E-state index in [1.54, 1.807) is 12.1 Å². The Hall–Kier alpha value is -3.50. The van der Waals surface area contributed by atoms with Crippen molar-refractivity contribution in [3.05, 3.63) is 73.6 Å². The molecule has 2 aromatic carbocycles. The molecule has 0 fully saturated rings. The molecule has 0 N–H and O–H groups in total. The first-order valence-corrected chi connectivity index (χ1v) is 9.28. The van der Waals surface area contributed by atoms with Crippen molar-refractivity contribution in [2.75, 3.05) is 7.11 Å². The van der Waals surface area contributed by atoms with Gasteiger partial charge in [0, 0.05) is 17.0 Å². The topological polar surface area (TPSA) is 89.0 Å². The van der Waals surface area contributed by atoms with E-state index in [1.807, 2.05) is 24.4 Å². The molecule has 0 amide bonds. The second-order valence-electron chi connectivity index (χ2n) is 6.20. The Morgan fingerprint density at radius 1 is 1.25 bits per heavy atom. The number of allylic oxidation sites excluding steroid dienone is 1. The molecular formula is C21H17N3O3S. The van der Waals surface area contributed by atoms with Crippen LogP contribution in [-0.2, 0) is 0 Å². The zero-order valence-electron chi connectivity index (χ0n) is 15.6. The minimum absolute atomic E-state index is 0.150. The van der Waals surface area contributed by atoms with Gasteiger partial charge in [0.15, 0.2) is 5.75 Å². The van der Waals surface area contributed by atoms with E-state index >= 15 is 0 Å². The summed E-state index contributed by atoms with van der Waals surface area (Å²) < 4.78 is 5.01. The SMILES string of the molecule is COc1ccc(C=C(C#N)c2nc(-c3ccc(C)c(C)c3)cs2)cc1[N+](=O)[O-]. The van der Waals surface area contributed by atoms with Crippen LogP contribution >= 0.6 is 11.3 Å². The molecule has 140 valence electrons. The average molecular weight is 391 g/mol. The fourth-order valence-electron chi connectivity index (χ4n) is 2.68. The predicted octanol–water partition coefficient (Wildman–Crippen LogP) is 5.41. The van der Waals surface area contributed by atoms with Crippen LogP contribution in [0.4, 0.5) is 5.69 Å². The molecule has 0 aliphatic heterocycles. The van der Waals surface area contributed by atoms with E-state index in [0.29, 0.717) is 16.1 Å². The normalized spacial score (nSPS) is 11.1. The van der Waals surface area contributed by atoms with Crippen LogP contribution in [0.2, 0.25) is 0 Å². The lowest BCUT2D eigenvalue weighted by Gasteiger charge is -2.03. The Morgan fingerprint density at radius 3 is 2.68 bits per heavy atom. The van der Waals surface area contributed by atoms with Crippen molar-refractivity contribution in [1.29, 1.82) is 5.26 Å². The number of nitro benzene ring substituents is 1. The van der Waals surface area contributed by atoms with Gasteiger partial charge in [-0.05, 0) is 48.7 Å². The molecule has 28 heavy (non-hydrogen) atoms. The summed E-state index contributed by atoms with van der Waals surface area (Å²) in [6.45, 7) is 4.10. The number of hydrogen-bond acceptors (Lipinski definition) is 6. The molecule has 0 aliphatic carbocycles. The molecule has 0 saturated carbocycles. The van der Waals surface area contributed by atoms with Crippen LogP contribution in [0.25, 0.3) is 22.9 Å². The van der Waals surface area contributed by atoms with Crippen LogP contribution in [0, 0.1) is 35.3 Å². The van der Waals surface area contributed by atoms with Crippen LogP contribution in [0.15, 0.2) is 41.8 Å². The van der Waals surface area contributed by atoms with Gasteiger partial charge < -0.3 is 4.74 Å². The van der Waals surface area contributed by atoms with Crippen LogP contribution in [-0.4, -0.2) is 17.0 Å². The summed E-state index contributed by atoms with van der Waals surface area (Å²) in [6, 6.07) is 12.8. The Labute approximate surface area is 166 Å². The molecule has 0 aliphatic rings.